The molecule has 0 unspecified atom stereocenters. The minimum absolute atomic E-state index is 0.545. The lowest BCUT2D eigenvalue weighted by Crippen LogP contribution is -1.99. The molecule has 5 rings (SSSR count). The van der Waals surface area contributed by atoms with E-state index in [9.17, 15) is 0 Å². The van der Waals surface area contributed by atoms with E-state index in [2.05, 4.69) is 20.3 Å². The fraction of sp³-hybridized carbons (Fsp3) is 0.0625. The minimum Gasteiger partial charge on any atom is -0.361 e. The molecule has 1 aromatic carbocycles. The van der Waals surface area contributed by atoms with E-state index in [0.29, 0.717) is 22.9 Å². The molecule has 0 atom stereocenters. The molecule has 0 saturated heterocycles. The van der Waals surface area contributed by atoms with E-state index in [0.717, 1.165) is 22.2 Å². The smallest absolute Gasteiger partial charge is 0.207 e. The first kappa shape index (κ1) is 13.3. The van der Waals surface area contributed by atoms with Gasteiger partial charge in [-0.1, -0.05) is 29.4 Å². The Bertz CT molecular complexity index is 1170. The van der Waals surface area contributed by atoms with Crippen molar-refractivity contribution in [3.8, 4) is 22.9 Å². The number of thiazole rings is 1. The molecule has 0 aliphatic heterocycles. The van der Waals surface area contributed by atoms with Gasteiger partial charge in [-0.15, -0.1) is 21.5 Å². The van der Waals surface area contributed by atoms with Crippen LogP contribution in [-0.4, -0.2) is 30.0 Å². The first-order chi connectivity index (χ1) is 11.8. The molecule has 0 N–H and O–H groups in total. The van der Waals surface area contributed by atoms with Gasteiger partial charge in [0.2, 0.25) is 5.82 Å². The zero-order valence-corrected chi connectivity index (χ0v) is 13.4. The normalized spacial score (nSPS) is 11.5. The number of rotatable bonds is 2. The standard InChI is InChI=1S/C16H10N6OS/c1-9-6-12(21-23-9)16-19-18-15-11-5-3-2-4-10(11)14(20-22(15)16)13-7-24-8-17-13/h2-8H,1H3. The number of aromatic nitrogens is 6. The maximum atomic E-state index is 5.16. The van der Waals surface area contributed by atoms with Crippen LogP contribution in [0.15, 0.2) is 45.7 Å². The molecule has 5 aromatic rings. The Morgan fingerprint density at radius 3 is 2.71 bits per heavy atom. The summed E-state index contributed by atoms with van der Waals surface area (Å²) in [5.41, 5.74) is 4.70. The van der Waals surface area contributed by atoms with E-state index in [1.54, 1.807) is 10.0 Å². The molecule has 24 heavy (non-hydrogen) atoms. The van der Waals surface area contributed by atoms with Gasteiger partial charge in [0.1, 0.15) is 17.1 Å². The van der Waals surface area contributed by atoms with Crippen LogP contribution < -0.4 is 0 Å². The lowest BCUT2D eigenvalue weighted by molar-refractivity contribution is 0.399. The zero-order chi connectivity index (χ0) is 16.1. The predicted octanol–water partition coefficient (Wildman–Crippen LogP) is 3.36. The average Bonchev–Trinajstić information content (AvgIpc) is 3.34. The number of nitrogens with zero attached hydrogens (tertiary/aromatic N) is 6. The molecule has 0 fully saturated rings. The first-order valence-corrected chi connectivity index (χ1v) is 8.22. The third kappa shape index (κ3) is 1.86. The summed E-state index contributed by atoms with van der Waals surface area (Å²) in [6, 6.07) is 9.80. The molecule has 8 heteroatoms. The fourth-order valence-corrected chi connectivity index (χ4v) is 3.27. The number of hydrogen-bond acceptors (Lipinski definition) is 7. The van der Waals surface area contributed by atoms with Crippen molar-refractivity contribution in [1.82, 2.24) is 30.0 Å². The van der Waals surface area contributed by atoms with Crippen molar-refractivity contribution in [1.29, 1.82) is 0 Å². The van der Waals surface area contributed by atoms with Crippen molar-refractivity contribution < 1.29 is 4.52 Å². The molecule has 4 heterocycles. The van der Waals surface area contributed by atoms with Crippen LogP contribution in [0.2, 0.25) is 0 Å². The van der Waals surface area contributed by atoms with Crippen molar-refractivity contribution in [3.63, 3.8) is 0 Å². The van der Waals surface area contributed by atoms with Crippen molar-refractivity contribution in [3.05, 3.63) is 47.0 Å². The Hall–Kier alpha value is -3.13. The Labute approximate surface area is 139 Å². The van der Waals surface area contributed by atoms with Gasteiger partial charge in [0, 0.05) is 22.2 Å². The number of aryl methyl sites for hydroxylation is 1. The highest BCUT2D eigenvalue weighted by molar-refractivity contribution is 7.07. The van der Waals surface area contributed by atoms with Crippen molar-refractivity contribution in [2.75, 3.05) is 0 Å². The summed E-state index contributed by atoms with van der Waals surface area (Å²) >= 11 is 1.54. The SMILES string of the molecule is Cc1cc(-c2nnc3c4ccccc4c(-c4cscn4)nn23)no1. The zero-order valence-electron chi connectivity index (χ0n) is 12.5. The molecule has 7 nitrogen and oxygen atoms in total. The van der Waals surface area contributed by atoms with Gasteiger partial charge in [-0.25, -0.2) is 4.98 Å². The molecule has 116 valence electrons. The van der Waals surface area contributed by atoms with Crippen molar-refractivity contribution in [2.45, 2.75) is 6.92 Å². The quantitative estimate of drug-likeness (QED) is 0.492. The molecule has 0 radical (unpaired) electrons. The summed E-state index contributed by atoms with van der Waals surface area (Å²) in [6.07, 6.45) is 0. The van der Waals surface area contributed by atoms with Crippen LogP contribution in [0.25, 0.3) is 39.3 Å². The highest BCUT2D eigenvalue weighted by Gasteiger charge is 2.18. The lowest BCUT2D eigenvalue weighted by atomic mass is 10.1. The van der Waals surface area contributed by atoms with Gasteiger partial charge in [0.05, 0.1) is 5.51 Å². The fourth-order valence-electron chi connectivity index (χ4n) is 2.73. The van der Waals surface area contributed by atoms with Gasteiger partial charge in [0.15, 0.2) is 11.3 Å². The highest BCUT2D eigenvalue weighted by atomic mass is 32.1. The van der Waals surface area contributed by atoms with Crippen LogP contribution in [0.5, 0.6) is 0 Å². The summed E-state index contributed by atoms with van der Waals surface area (Å²) in [5.74, 6) is 1.26. The molecule has 0 saturated carbocycles. The lowest BCUT2D eigenvalue weighted by Gasteiger charge is -2.05. The third-order valence-electron chi connectivity index (χ3n) is 3.80. The Morgan fingerprint density at radius 1 is 1.08 bits per heavy atom. The molecular weight excluding hydrogens is 324 g/mol. The maximum Gasteiger partial charge on any atom is 0.207 e. The van der Waals surface area contributed by atoms with Gasteiger partial charge in [-0.3, -0.25) is 0 Å². The largest absolute Gasteiger partial charge is 0.361 e. The Morgan fingerprint density at radius 2 is 1.96 bits per heavy atom. The van der Waals surface area contributed by atoms with E-state index in [1.165, 1.54) is 11.3 Å². The van der Waals surface area contributed by atoms with Crippen molar-refractivity contribution in [2.24, 2.45) is 0 Å². The van der Waals surface area contributed by atoms with Crippen LogP contribution in [0.3, 0.4) is 0 Å². The molecule has 0 aliphatic rings. The van der Waals surface area contributed by atoms with E-state index in [4.69, 9.17) is 9.62 Å². The maximum absolute atomic E-state index is 5.16. The molecule has 4 aromatic heterocycles. The summed E-state index contributed by atoms with van der Waals surface area (Å²) in [6.45, 7) is 1.84. The number of benzene rings is 1. The van der Waals surface area contributed by atoms with Gasteiger partial charge in [-0.05, 0) is 6.92 Å². The Balaban J connectivity index is 1.90. The molecule has 0 amide bonds. The summed E-state index contributed by atoms with van der Waals surface area (Å²) < 4.78 is 6.86. The van der Waals surface area contributed by atoms with Crippen LogP contribution in [0.4, 0.5) is 0 Å². The predicted molar refractivity (Wildman–Crippen MR) is 89.6 cm³/mol. The van der Waals surface area contributed by atoms with Crippen molar-refractivity contribution >= 4 is 27.8 Å². The third-order valence-corrected chi connectivity index (χ3v) is 4.38. The highest BCUT2D eigenvalue weighted by Crippen LogP contribution is 2.30. The average molecular weight is 334 g/mol. The molecule has 0 bridgehead atoms. The van der Waals surface area contributed by atoms with Crippen LogP contribution in [0, 0.1) is 6.92 Å². The van der Waals surface area contributed by atoms with Gasteiger partial charge >= 0.3 is 0 Å². The summed E-state index contributed by atoms with van der Waals surface area (Å²) in [5, 5.41) is 21.3. The number of fused-ring (bicyclic) bond motifs is 3. The minimum atomic E-state index is 0.545. The van der Waals surface area contributed by atoms with Crippen LogP contribution in [0.1, 0.15) is 5.76 Å². The van der Waals surface area contributed by atoms with E-state index in [1.807, 2.05) is 42.6 Å². The van der Waals surface area contributed by atoms with E-state index < -0.39 is 0 Å². The van der Waals surface area contributed by atoms with Crippen LogP contribution in [-0.2, 0) is 0 Å². The topological polar surface area (TPSA) is 82.0 Å². The monoisotopic (exact) mass is 334 g/mol. The summed E-state index contributed by atoms with van der Waals surface area (Å²) in [4.78, 5) is 4.40. The number of hydrogen-bond donors (Lipinski definition) is 0. The van der Waals surface area contributed by atoms with Gasteiger partial charge in [0.25, 0.3) is 0 Å². The van der Waals surface area contributed by atoms with Gasteiger partial charge in [-0.2, -0.15) is 9.61 Å². The van der Waals surface area contributed by atoms with Crippen LogP contribution >= 0.6 is 11.3 Å². The molecule has 0 spiro atoms. The molecule has 0 aliphatic carbocycles. The van der Waals surface area contributed by atoms with E-state index in [-0.39, 0.29) is 0 Å². The second-order valence-corrected chi connectivity index (χ2v) is 6.07. The second-order valence-electron chi connectivity index (χ2n) is 5.35. The molecular formula is C16H10N6OS. The first-order valence-electron chi connectivity index (χ1n) is 7.27. The van der Waals surface area contributed by atoms with E-state index >= 15 is 0 Å². The summed E-state index contributed by atoms with van der Waals surface area (Å²) in [7, 11) is 0. The second kappa shape index (κ2) is 4.93. The van der Waals surface area contributed by atoms with Gasteiger partial charge < -0.3 is 4.52 Å². The Kier molecular flexibility index (Phi) is 2.74.